The molecule has 0 aliphatic heterocycles. The van der Waals surface area contributed by atoms with Crippen molar-refractivity contribution in [2.45, 2.75) is 33.2 Å². The van der Waals surface area contributed by atoms with Crippen LogP contribution in [0.4, 0.5) is 5.69 Å². The van der Waals surface area contributed by atoms with E-state index in [1.54, 1.807) is 30.3 Å². The highest BCUT2D eigenvalue weighted by Crippen LogP contribution is 2.17. The van der Waals surface area contributed by atoms with E-state index in [1.165, 1.54) is 11.3 Å². The lowest BCUT2D eigenvalue weighted by Crippen LogP contribution is -2.30. The Kier molecular flexibility index (Phi) is 6.91. The number of amides is 3. The van der Waals surface area contributed by atoms with E-state index < -0.39 is 0 Å². The molecule has 3 amide bonds. The van der Waals surface area contributed by atoms with Gasteiger partial charge in [-0.1, -0.05) is 6.07 Å². The zero-order chi connectivity index (χ0) is 19.1. The number of hydrogen-bond acceptors (Lipinski definition) is 4. The Morgan fingerprint density at radius 1 is 1.12 bits per heavy atom. The maximum atomic E-state index is 12.1. The Labute approximate surface area is 157 Å². The Morgan fingerprint density at radius 3 is 2.50 bits per heavy atom. The Morgan fingerprint density at radius 2 is 1.88 bits per heavy atom. The molecule has 1 aromatic carbocycles. The standard InChI is InChI=1S/C19H23N3O3S/c1-12(2)21-18(24)14-6-7-15(13(3)11-14)22-17(23)8-9-20-19(25)16-5-4-10-26-16/h4-7,10-12H,8-9H2,1-3H3,(H,20,25)(H,21,24)(H,22,23). The molecule has 2 aromatic rings. The fraction of sp³-hybridized carbons (Fsp3) is 0.316. The third-order valence-electron chi connectivity index (χ3n) is 3.57. The van der Waals surface area contributed by atoms with Crippen LogP contribution in [-0.2, 0) is 4.79 Å². The summed E-state index contributed by atoms with van der Waals surface area (Å²) >= 11 is 1.36. The zero-order valence-electron chi connectivity index (χ0n) is 15.1. The van der Waals surface area contributed by atoms with Crippen LogP contribution in [0.1, 0.15) is 45.9 Å². The van der Waals surface area contributed by atoms with Gasteiger partial charge in [0.15, 0.2) is 0 Å². The first-order chi connectivity index (χ1) is 12.4. The number of nitrogens with one attached hydrogen (secondary N) is 3. The molecule has 6 nitrogen and oxygen atoms in total. The van der Waals surface area contributed by atoms with Crippen molar-refractivity contribution in [2.75, 3.05) is 11.9 Å². The fourth-order valence-corrected chi connectivity index (χ4v) is 2.93. The van der Waals surface area contributed by atoms with E-state index in [0.717, 1.165) is 5.56 Å². The summed E-state index contributed by atoms with van der Waals surface area (Å²) < 4.78 is 0. The summed E-state index contributed by atoms with van der Waals surface area (Å²) in [5.74, 6) is -0.513. The summed E-state index contributed by atoms with van der Waals surface area (Å²) in [6.07, 6.45) is 0.173. The van der Waals surface area contributed by atoms with Crippen LogP contribution in [0.3, 0.4) is 0 Å². The number of carbonyl (C=O) groups excluding carboxylic acids is 3. The molecule has 7 heteroatoms. The molecule has 0 aliphatic rings. The van der Waals surface area contributed by atoms with Gasteiger partial charge in [-0.15, -0.1) is 11.3 Å². The molecule has 26 heavy (non-hydrogen) atoms. The van der Waals surface area contributed by atoms with Crippen molar-refractivity contribution < 1.29 is 14.4 Å². The number of thiophene rings is 1. The number of hydrogen-bond donors (Lipinski definition) is 3. The Balaban J connectivity index is 1.84. The van der Waals surface area contributed by atoms with E-state index in [9.17, 15) is 14.4 Å². The van der Waals surface area contributed by atoms with E-state index in [4.69, 9.17) is 0 Å². The smallest absolute Gasteiger partial charge is 0.261 e. The average Bonchev–Trinajstić information content (AvgIpc) is 3.10. The molecule has 0 saturated heterocycles. The van der Waals surface area contributed by atoms with Gasteiger partial charge in [0.25, 0.3) is 11.8 Å². The van der Waals surface area contributed by atoms with Crippen LogP contribution >= 0.6 is 11.3 Å². The summed E-state index contributed by atoms with van der Waals surface area (Å²) in [6, 6.07) is 8.74. The van der Waals surface area contributed by atoms with Gasteiger partial charge in [-0.2, -0.15) is 0 Å². The van der Waals surface area contributed by atoms with Crippen LogP contribution in [0.5, 0.6) is 0 Å². The molecule has 0 radical (unpaired) electrons. The minimum atomic E-state index is -0.195. The van der Waals surface area contributed by atoms with Crippen molar-refractivity contribution in [1.82, 2.24) is 10.6 Å². The van der Waals surface area contributed by atoms with E-state index in [-0.39, 0.29) is 36.7 Å². The molecule has 1 aromatic heterocycles. The third kappa shape index (κ3) is 5.70. The first-order valence-electron chi connectivity index (χ1n) is 8.40. The van der Waals surface area contributed by atoms with Gasteiger partial charge in [0.1, 0.15) is 0 Å². The van der Waals surface area contributed by atoms with Crippen molar-refractivity contribution in [3.05, 3.63) is 51.7 Å². The van der Waals surface area contributed by atoms with Gasteiger partial charge < -0.3 is 16.0 Å². The highest BCUT2D eigenvalue weighted by atomic mass is 32.1. The quantitative estimate of drug-likeness (QED) is 0.697. The van der Waals surface area contributed by atoms with Gasteiger partial charge in [-0.3, -0.25) is 14.4 Å². The second-order valence-corrected chi connectivity index (χ2v) is 7.14. The van der Waals surface area contributed by atoms with Gasteiger partial charge in [-0.05, 0) is 56.0 Å². The first kappa shape index (κ1) is 19.7. The van der Waals surface area contributed by atoms with Gasteiger partial charge in [0.05, 0.1) is 4.88 Å². The highest BCUT2D eigenvalue weighted by Gasteiger charge is 2.11. The van der Waals surface area contributed by atoms with E-state index in [0.29, 0.717) is 16.1 Å². The number of benzene rings is 1. The second-order valence-electron chi connectivity index (χ2n) is 6.19. The maximum Gasteiger partial charge on any atom is 0.261 e. The highest BCUT2D eigenvalue weighted by molar-refractivity contribution is 7.12. The summed E-state index contributed by atoms with van der Waals surface area (Å²) in [6.45, 7) is 5.89. The molecule has 0 bridgehead atoms. The molecule has 0 saturated carbocycles. The van der Waals surface area contributed by atoms with Crippen LogP contribution in [-0.4, -0.2) is 30.3 Å². The largest absolute Gasteiger partial charge is 0.351 e. The average molecular weight is 373 g/mol. The lowest BCUT2D eigenvalue weighted by molar-refractivity contribution is -0.116. The van der Waals surface area contributed by atoms with Crippen LogP contribution in [0.25, 0.3) is 0 Å². The fourth-order valence-electron chi connectivity index (χ4n) is 2.29. The van der Waals surface area contributed by atoms with Crippen molar-refractivity contribution in [2.24, 2.45) is 0 Å². The summed E-state index contributed by atoms with van der Waals surface area (Å²) in [5.41, 5.74) is 2.01. The number of carbonyl (C=O) groups is 3. The molecule has 2 rings (SSSR count). The lowest BCUT2D eigenvalue weighted by atomic mass is 10.1. The molecular formula is C19H23N3O3S. The van der Waals surface area contributed by atoms with Crippen LogP contribution in [0.15, 0.2) is 35.7 Å². The summed E-state index contributed by atoms with van der Waals surface area (Å²) in [5, 5.41) is 10.2. The predicted molar refractivity (Wildman–Crippen MR) is 104 cm³/mol. The third-order valence-corrected chi connectivity index (χ3v) is 4.43. The Bertz CT molecular complexity index is 785. The number of rotatable bonds is 7. The van der Waals surface area contributed by atoms with Gasteiger partial charge >= 0.3 is 0 Å². The molecule has 1 heterocycles. The molecular weight excluding hydrogens is 350 g/mol. The van der Waals surface area contributed by atoms with E-state index in [2.05, 4.69) is 16.0 Å². The lowest BCUT2D eigenvalue weighted by Gasteiger charge is -2.12. The van der Waals surface area contributed by atoms with Crippen LogP contribution < -0.4 is 16.0 Å². The normalized spacial score (nSPS) is 10.5. The van der Waals surface area contributed by atoms with Gasteiger partial charge in [0, 0.05) is 30.3 Å². The van der Waals surface area contributed by atoms with E-state index in [1.807, 2.05) is 26.2 Å². The zero-order valence-corrected chi connectivity index (χ0v) is 15.9. The summed E-state index contributed by atoms with van der Waals surface area (Å²) in [4.78, 5) is 36.5. The van der Waals surface area contributed by atoms with Crippen molar-refractivity contribution in [1.29, 1.82) is 0 Å². The molecule has 0 spiro atoms. The second kappa shape index (κ2) is 9.15. The molecule has 0 unspecified atom stereocenters. The van der Waals surface area contributed by atoms with Crippen molar-refractivity contribution in [3.8, 4) is 0 Å². The molecule has 0 atom stereocenters. The van der Waals surface area contributed by atoms with Crippen molar-refractivity contribution >= 4 is 34.7 Å². The monoisotopic (exact) mass is 373 g/mol. The van der Waals surface area contributed by atoms with Gasteiger partial charge in [-0.25, -0.2) is 0 Å². The number of anilines is 1. The van der Waals surface area contributed by atoms with Gasteiger partial charge in [0.2, 0.25) is 5.91 Å². The summed E-state index contributed by atoms with van der Waals surface area (Å²) in [7, 11) is 0. The molecule has 0 aliphatic carbocycles. The Hall–Kier alpha value is -2.67. The minimum Gasteiger partial charge on any atom is -0.351 e. The molecule has 3 N–H and O–H groups in total. The van der Waals surface area contributed by atoms with Crippen LogP contribution in [0.2, 0.25) is 0 Å². The van der Waals surface area contributed by atoms with Crippen LogP contribution in [0, 0.1) is 6.92 Å². The van der Waals surface area contributed by atoms with E-state index >= 15 is 0 Å². The SMILES string of the molecule is Cc1cc(C(=O)NC(C)C)ccc1NC(=O)CCNC(=O)c1cccs1. The molecule has 138 valence electrons. The minimum absolute atomic E-state index is 0.0616. The predicted octanol–water partition coefficient (Wildman–Crippen LogP) is 2.95. The topological polar surface area (TPSA) is 87.3 Å². The number of aryl methyl sites for hydroxylation is 1. The maximum absolute atomic E-state index is 12.1. The molecule has 0 fully saturated rings. The first-order valence-corrected chi connectivity index (χ1v) is 9.28. The van der Waals surface area contributed by atoms with Crippen molar-refractivity contribution in [3.63, 3.8) is 0 Å².